The fraction of sp³-hybridized carbons (Fsp3) is 0.684. The quantitative estimate of drug-likeness (QED) is 0.305. The highest BCUT2D eigenvalue weighted by Crippen LogP contribution is 2.65. The monoisotopic (exact) mass is 627 g/mol. The smallest absolute Gasteiger partial charge is 0.336 e. The number of carbonyl (C=O) groups excluding carboxylic acids is 2. The number of benzene rings is 1. The van der Waals surface area contributed by atoms with Gasteiger partial charge in [0.25, 0.3) is 5.91 Å². The van der Waals surface area contributed by atoms with Crippen molar-refractivity contribution in [3.05, 3.63) is 39.2 Å². The first-order valence-corrected chi connectivity index (χ1v) is 18.1. The molecular weight excluding hydrogens is 578 g/mol. The maximum absolute atomic E-state index is 12.8. The molecule has 6 atom stereocenters. The summed E-state index contributed by atoms with van der Waals surface area (Å²) in [4.78, 5) is 45.8. The molecule has 1 amide bonds. The minimum Gasteiger partial charge on any atom is -0.422 e. The number of fused-ring (bicyclic) bond motifs is 7. The maximum Gasteiger partial charge on any atom is 0.336 e. The van der Waals surface area contributed by atoms with Gasteiger partial charge in [-0.05, 0) is 123 Å². The lowest BCUT2D eigenvalue weighted by Gasteiger charge is -2.59. The molecule has 0 spiro atoms. The lowest BCUT2D eigenvalue weighted by Crippen LogP contribution is -2.53. The van der Waals surface area contributed by atoms with Gasteiger partial charge >= 0.3 is 5.63 Å². The molecule has 1 N–H and O–H groups in total. The summed E-state index contributed by atoms with van der Waals surface area (Å²) in [5.74, 6) is 2.86. The van der Waals surface area contributed by atoms with Crippen molar-refractivity contribution < 1.29 is 18.8 Å². The van der Waals surface area contributed by atoms with E-state index in [9.17, 15) is 14.4 Å². The predicted molar refractivity (Wildman–Crippen MR) is 178 cm³/mol. The van der Waals surface area contributed by atoms with Crippen LogP contribution in [0, 0.1) is 34.5 Å². The Bertz CT molecular complexity index is 1660. The van der Waals surface area contributed by atoms with Crippen LogP contribution in [0.2, 0.25) is 0 Å². The van der Waals surface area contributed by atoms with E-state index in [1.54, 1.807) is 6.07 Å². The number of aryl methyl sites for hydroxylation is 2. The van der Waals surface area contributed by atoms with E-state index in [0.717, 1.165) is 99.5 Å². The van der Waals surface area contributed by atoms with Gasteiger partial charge in [0.2, 0.25) is 0 Å². The normalized spacial score (nSPS) is 34.1. The van der Waals surface area contributed by atoms with Gasteiger partial charge in [-0.25, -0.2) is 4.79 Å². The number of ketones is 1. The molecule has 4 aliphatic carbocycles. The highest BCUT2D eigenvalue weighted by molar-refractivity contribution is 5.92. The van der Waals surface area contributed by atoms with Crippen LogP contribution in [0.1, 0.15) is 101 Å². The summed E-state index contributed by atoms with van der Waals surface area (Å²) < 4.78 is 5.79. The zero-order valence-corrected chi connectivity index (χ0v) is 27.6. The van der Waals surface area contributed by atoms with Crippen molar-refractivity contribution >= 4 is 34.1 Å². The zero-order chi connectivity index (χ0) is 31.6. The minimum absolute atomic E-state index is 0.0380. The van der Waals surface area contributed by atoms with Crippen LogP contribution in [0.15, 0.2) is 26.5 Å². The van der Waals surface area contributed by atoms with Crippen molar-refractivity contribution in [1.29, 1.82) is 0 Å². The zero-order valence-electron chi connectivity index (χ0n) is 27.6. The van der Waals surface area contributed by atoms with Gasteiger partial charge in [-0.3, -0.25) is 9.59 Å². The average molecular weight is 628 g/mol. The number of amides is 1. The molecule has 0 saturated heterocycles. The molecule has 2 aliphatic heterocycles. The first-order valence-electron chi connectivity index (χ1n) is 18.1. The summed E-state index contributed by atoms with van der Waals surface area (Å²) in [7, 11) is 0. The molecule has 4 saturated carbocycles. The Kier molecular flexibility index (Phi) is 7.56. The summed E-state index contributed by atoms with van der Waals surface area (Å²) in [6.07, 6.45) is 14.2. The van der Waals surface area contributed by atoms with E-state index >= 15 is 0 Å². The number of nitrogens with zero attached hydrogens (tertiary/aromatic N) is 2. The molecule has 8 heteroatoms. The van der Waals surface area contributed by atoms with Gasteiger partial charge in [0, 0.05) is 60.6 Å². The van der Waals surface area contributed by atoms with E-state index in [0.29, 0.717) is 47.8 Å². The van der Waals surface area contributed by atoms with E-state index in [-0.39, 0.29) is 23.6 Å². The van der Waals surface area contributed by atoms with Crippen LogP contribution < -0.4 is 15.8 Å². The molecule has 3 heterocycles. The van der Waals surface area contributed by atoms with Crippen LogP contribution in [0.4, 0.5) is 5.69 Å². The van der Waals surface area contributed by atoms with Crippen molar-refractivity contribution in [2.24, 2.45) is 39.7 Å². The Morgan fingerprint density at radius 1 is 1.02 bits per heavy atom. The Morgan fingerprint density at radius 2 is 1.87 bits per heavy atom. The number of rotatable bonds is 6. The molecule has 6 aliphatic rings. The number of hydrogen-bond donors (Lipinski definition) is 1. The highest BCUT2D eigenvalue weighted by atomic mass is 16.6. The van der Waals surface area contributed by atoms with Crippen molar-refractivity contribution in [3.8, 4) is 0 Å². The fourth-order valence-corrected chi connectivity index (χ4v) is 11.3. The van der Waals surface area contributed by atoms with Crippen molar-refractivity contribution in [2.45, 2.75) is 104 Å². The van der Waals surface area contributed by atoms with Crippen LogP contribution in [0.25, 0.3) is 11.0 Å². The first-order chi connectivity index (χ1) is 22.2. The van der Waals surface area contributed by atoms with Gasteiger partial charge in [-0.15, -0.1) is 0 Å². The van der Waals surface area contributed by atoms with Crippen LogP contribution in [-0.2, 0) is 33.7 Å². The van der Waals surface area contributed by atoms with Crippen LogP contribution in [-0.4, -0.2) is 43.6 Å². The molecule has 0 radical (unpaired) electrons. The van der Waals surface area contributed by atoms with Crippen molar-refractivity contribution in [3.63, 3.8) is 0 Å². The van der Waals surface area contributed by atoms with Crippen LogP contribution >= 0.6 is 0 Å². The average Bonchev–Trinajstić information content (AvgIpc) is 3.38. The standard InChI is InChI=1S/C38H49N3O5/c1-37-14-11-26(42)21-25(37)7-8-27-30-9-10-32(38(30,2)15-12-31(27)37)40-45-22-33(43)39-16-13-23-20-34(44)46-36-28-6-4-18-41-17-3-5-24(35(28)41)19-29(23)36/h19-20,25,27,30-31H,3-18,21-22H2,1-2H3,(H,39,43)/b40-32-/t25-,27-,30-,31-,37-,38-/m0/s1. The number of anilines is 1. The van der Waals surface area contributed by atoms with E-state index in [1.807, 2.05) is 0 Å². The Morgan fingerprint density at radius 3 is 2.74 bits per heavy atom. The molecule has 4 fully saturated rings. The van der Waals surface area contributed by atoms with E-state index in [2.05, 4.69) is 35.3 Å². The molecule has 0 bridgehead atoms. The summed E-state index contributed by atoms with van der Waals surface area (Å²) >= 11 is 0. The Balaban J connectivity index is 0.889. The molecule has 0 unspecified atom stereocenters. The van der Waals surface area contributed by atoms with E-state index in [1.165, 1.54) is 36.1 Å². The number of Topliss-reactive ketones (excluding diaryl/α,β-unsaturated/α-hetero) is 1. The molecule has 2 aromatic rings. The topological polar surface area (TPSA) is 101 Å². The maximum atomic E-state index is 12.8. The van der Waals surface area contributed by atoms with Gasteiger partial charge in [-0.2, -0.15) is 0 Å². The van der Waals surface area contributed by atoms with Crippen LogP contribution in [0.5, 0.6) is 0 Å². The molecule has 8 rings (SSSR count). The summed E-state index contributed by atoms with van der Waals surface area (Å²) in [5, 5.41) is 8.60. The largest absolute Gasteiger partial charge is 0.422 e. The summed E-state index contributed by atoms with van der Waals surface area (Å²) in [6.45, 7) is 7.32. The number of oxime groups is 1. The predicted octanol–water partition coefficient (Wildman–Crippen LogP) is 6.13. The lowest BCUT2D eigenvalue weighted by molar-refractivity contribution is -0.136. The van der Waals surface area contributed by atoms with Gasteiger partial charge < -0.3 is 19.5 Å². The third kappa shape index (κ3) is 4.92. The van der Waals surface area contributed by atoms with Gasteiger partial charge in [0.15, 0.2) is 6.61 Å². The minimum atomic E-state index is -0.328. The van der Waals surface area contributed by atoms with Crippen molar-refractivity contribution in [2.75, 3.05) is 31.1 Å². The number of hydrogen-bond acceptors (Lipinski definition) is 7. The van der Waals surface area contributed by atoms with E-state index < -0.39 is 0 Å². The third-order valence-electron chi connectivity index (χ3n) is 13.6. The van der Waals surface area contributed by atoms with Crippen molar-refractivity contribution in [1.82, 2.24) is 5.32 Å². The molecule has 8 nitrogen and oxygen atoms in total. The van der Waals surface area contributed by atoms with Gasteiger partial charge in [-0.1, -0.05) is 19.0 Å². The highest BCUT2D eigenvalue weighted by Gasteiger charge is 2.59. The molecular formula is C38H49N3O5. The van der Waals surface area contributed by atoms with Crippen LogP contribution in [0.3, 0.4) is 0 Å². The molecule has 46 heavy (non-hydrogen) atoms. The second-order valence-corrected chi connectivity index (χ2v) is 15.8. The lowest BCUT2D eigenvalue weighted by atomic mass is 9.45. The number of carbonyl (C=O) groups is 2. The second kappa shape index (κ2) is 11.5. The Labute approximate surface area is 271 Å². The first kappa shape index (κ1) is 30.2. The fourth-order valence-electron chi connectivity index (χ4n) is 11.3. The van der Waals surface area contributed by atoms with Gasteiger partial charge in [0.05, 0.1) is 5.71 Å². The Hall–Kier alpha value is -3.16. The third-order valence-corrected chi connectivity index (χ3v) is 13.6. The molecule has 246 valence electrons. The van der Waals surface area contributed by atoms with Gasteiger partial charge in [0.1, 0.15) is 11.4 Å². The second-order valence-electron chi connectivity index (χ2n) is 15.8. The summed E-state index contributed by atoms with van der Waals surface area (Å²) in [5.41, 5.74) is 6.62. The SMILES string of the molecule is C[C@]12CCC(=O)C[C@@H]1CC[C@@H]1[C@@H]2CC[C@]2(C)/C(=N\OCC(=O)NCCc3cc(=O)oc4c5c6c(cc34)CCCN6CCC5)CC[C@@H]12. The molecule has 1 aromatic heterocycles. The summed E-state index contributed by atoms with van der Waals surface area (Å²) in [6, 6.07) is 3.81. The number of nitrogens with one attached hydrogen (secondary N) is 1. The van der Waals surface area contributed by atoms with E-state index in [4.69, 9.17) is 9.25 Å². The molecule has 1 aromatic carbocycles.